The van der Waals surface area contributed by atoms with Gasteiger partial charge in [0.1, 0.15) is 11.6 Å². The summed E-state index contributed by atoms with van der Waals surface area (Å²) in [5.74, 6) is -1.38. The number of rotatable bonds is 3. The van der Waals surface area contributed by atoms with Crippen LogP contribution in [-0.4, -0.2) is 5.91 Å². The highest BCUT2D eigenvalue weighted by atomic mass is 19.1. The third-order valence-electron chi connectivity index (χ3n) is 2.48. The Labute approximate surface area is 103 Å². The zero-order chi connectivity index (χ0) is 13.0. The Kier molecular flexibility index (Phi) is 3.67. The number of benzene rings is 2. The van der Waals surface area contributed by atoms with Gasteiger partial charge in [-0.1, -0.05) is 24.3 Å². The maximum absolute atomic E-state index is 13.3. The minimum Gasteiger partial charge on any atom is -0.348 e. The summed E-state index contributed by atoms with van der Waals surface area (Å²) in [7, 11) is 0. The number of hydrogen-bond acceptors (Lipinski definition) is 1. The second-order valence-corrected chi connectivity index (χ2v) is 3.79. The third kappa shape index (κ3) is 2.91. The lowest BCUT2D eigenvalue weighted by Crippen LogP contribution is -2.23. The van der Waals surface area contributed by atoms with Crippen LogP contribution < -0.4 is 5.32 Å². The molecule has 0 spiro atoms. The maximum Gasteiger partial charge on any atom is 0.254 e. The first kappa shape index (κ1) is 12.2. The summed E-state index contributed by atoms with van der Waals surface area (Å²) < 4.78 is 26.0. The molecule has 2 aromatic rings. The Bertz CT molecular complexity index is 552. The summed E-state index contributed by atoms with van der Waals surface area (Å²) >= 11 is 0. The average Bonchev–Trinajstić information content (AvgIpc) is 2.38. The quantitative estimate of drug-likeness (QED) is 0.887. The third-order valence-corrected chi connectivity index (χ3v) is 2.48. The Morgan fingerprint density at radius 3 is 2.33 bits per heavy atom. The fraction of sp³-hybridized carbons (Fsp3) is 0.0714. The molecule has 0 radical (unpaired) electrons. The summed E-state index contributed by atoms with van der Waals surface area (Å²) in [5, 5.41) is 2.57. The van der Waals surface area contributed by atoms with Crippen molar-refractivity contribution in [2.45, 2.75) is 6.54 Å². The number of halogens is 2. The van der Waals surface area contributed by atoms with Crippen molar-refractivity contribution in [2.24, 2.45) is 0 Å². The molecule has 0 aliphatic rings. The molecular formula is C14H11F2NO. The fourth-order valence-electron chi connectivity index (χ4n) is 1.53. The van der Waals surface area contributed by atoms with Crippen molar-refractivity contribution in [1.82, 2.24) is 5.32 Å². The Morgan fingerprint density at radius 2 is 1.67 bits per heavy atom. The van der Waals surface area contributed by atoms with Gasteiger partial charge in [-0.25, -0.2) is 8.78 Å². The number of amides is 1. The van der Waals surface area contributed by atoms with Crippen molar-refractivity contribution in [3.63, 3.8) is 0 Å². The van der Waals surface area contributed by atoms with Gasteiger partial charge < -0.3 is 5.32 Å². The van der Waals surface area contributed by atoms with Crippen molar-refractivity contribution in [2.75, 3.05) is 0 Å². The van der Waals surface area contributed by atoms with Crippen molar-refractivity contribution in [1.29, 1.82) is 0 Å². The molecule has 0 bridgehead atoms. The minimum absolute atomic E-state index is 0.000360. The maximum atomic E-state index is 13.3. The molecule has 4 heteroatoms. The van der Waals surface area contributed by atoms with E-state index in [1.54, 1.807) is 18.2 Å². The van der Waals surface area contributed by atoms with Gasteiger partial charge >= 0.3 is 0 Å². The van der Waals surface area contributed by atoms with E-state index >= 15 is 0 Å². The molecule has 0 unspecified atom stereocenters. The van der Waals surface area contributed by atoms with E-state index in [0.29, 0.717) is 0 Å². The molecule has 2 aromatic carbocycles. The van der Waals surface area contributed by atoms with Crippen LogP contribution >= 0.6 is 0 Å². The van der Waals surface area contributed by atoms with Crippen molar-refractivity contribution >= 4 is 5.91 Å². The SMILES string of the molecule is O=C(NCc1ccc(F)cc1)c1ccccc1F. The van der Waals surface area contributed by atoms with Crippen LogP contribution in [0.2, 0.25) is 0 Å². The Balaban J connectivity index is 2.01. The van der Waals surface area contributed by atoms with Gasteiger partial charge in [-0.2, -0.15) is 0 Å². The largest absolute Gasteiger partial charge is 0.348 e. The molecule has 1 amide bonds. The smallest absolute Gasteiger partial charge is 0.254 e. The van der Waals surface area contributed by atoms with Crippen molar-refractivity contribution in [3.8, 4) is 0 Å². The summed E-state index contributed by atoms with van der Waals surface area (Å²) in [6.07, 6.45) is 0. The fourth-order valence-corrected chi connectivity index (χ4v) is 1.53. The summed E-state index contributed by atoms with van der Waals surface area (Å²) in [5.41, 5.74) is 0.751. The van der Waals surface area contributed by atoms with Gasteiger partial charge in [0.25, 0.3) is 5.91 Å². The molecule has 0 aromatic heterocycles. The van der Waals surface area contributed by atoms with E-state index in [2.05, 4.69) is 5.32 Å². The lowest BCUT2D eigenvalue weighted by atomic mass is 10.2. The second-order valence-electron chi connectivity index (χ2n) is 3.79. The van der Waals surface area contributed by atoms with Crippen LogP contribution in [0.15, 0.2) is 48.5 Å². The van der Waals surface area contributed by atoms with E-state index < -0.39 is 11.7 Å². The van der Waals surface area contributed by atoms with Gasteiger partial charge in [-0.05, 0) is 29.8 Å². The summed E-state index contributed by atoms with van der Waals surface area (Å²) in [6.45, 7) is 0.230. The lowest BCUT2D eigenvalue weighted by molar-refractivity contribution is 0.0947. The first-order valence-corrected chi connectivity index (χ1v) is 5.44. The Morgan fingerprint density at radius 1 is 1.00 bits per heavy atom. The Hall–Kier alpha value is -2.23. The molecule has 18 heavy (non-hydrogen) atoms. The van der Waals surface area contributed by atoms with Crippen molar-refractivity contribution < 1.29 is 13.6 Å². The van der Waals surface area contributed by atoms with Crippen LogP contribution in [0.1, 0.15) is 15.9 Å². The molecule has 0 heterocycles. The van der Waals surface area contributed by atoms with E-state index in [9.17, 15) is 13.6 Å². The molecule has 2 nitrogen and oxygen atoms in total. The van der Waals surface area contributed by atoms with Crippen LogP contribution in [0.3, 0.4) is 0 Å². The van der Waals surface area contributed by atoms with Crippen LogP contribution in [0.25, 0.3) is 0 Å². The van der Waals surface area contributed by atoms with Crippen LogP contribution in [0, 0.1) is 11.6 Å². The second kappa shape index (κ2) is 5.40. The predicted molar refractivity (Wildman–Crippen MR) is 64.0 cm³/mol. The first-order valence-electron chi connectivity index (χ1n) is 5.44. The molecule has 0 aliphatic heterocycles. The van der Waals surface area contributed by atoms with Gasteiger partial charge in [-0.3, -0.25) is 4.79 Å². The zero-order valence-electron chi connectivity index (χ0n) is 9.49. The standard InChI is InChI=1S/C14H11F2NO/c15-11-7-5-10(6-8-11)9-17-14(18)12-3-1-2-4-13(12)16/h1-8H,9H2,(H,17,18). The number of carbonyl (C=O) groups is 1. The molecule has 0 saturated heterocycles. The van der Waals surface area contributed by atoms with E-state index in [1.165, 1.54) is 30.3 Å². The summed E-state index contributed by atoms with van der Waals surface area (Å²) in [4.78, 5) is 11.7. The minimum atomic E-state index is -0.561. The first-order chi connectivity index (χ1) is 8.66. The molecule has 92 valence electrons. The highest BCUT2D eigenvalue weighted by Gasteiger charge is 2.09. The highest BCUT2D eigenvalue weighted by molar-refractivity contribution is 5.94. The number of carbonyl (C=O) groups excluding carboxylic acids is 1. The van der Waals surface area contributed by atoms with Gasteiger partial charge in [0.05, 0.1) is 5.56 Å². The van der Waals surface area contributed by atoms with Crippen molar-refractivity contribution in [3.05, 3.63) is 71.3 Å². The van der Waals surface area contributed by atoms with Crippen LogP contribution in [0.4, 0.5) is 8.78 Å². The van der Waals surface area contributed by atoms with E-state index in [1.807, 2.05) is 0 Å². The highest BCUT2D eigenvalue weighted by Crippen LogP contribution is 2.07. The van der Waals surface area contributed by atoms with E-state index in [0.717, 1.165) is 5.56 Å². The van der Waals surface area contributed by atoms with Gasteiger partial charge in [-0.15, -0.1) is 0 Å². The topological polar surface area (TPSA) is 29.1 Å². The predicted octanol–water partition coefficient (Wildman–Crippen LogP) is 2.89. The molecule has 0 atom stereocenters. The normalized spacial score (nSPS) is 10.1. The monoisotopic (exact) mass is 247 g/mol. The summed E-state index contributed by atoms with van der Waals surface area (Å²) in [6, 6.07) is 11.5. The number of hydrogen-bond donors (Lipinski definition) is 1. The van der Waals surface area contributed by atoms with Crippen LogP contribution in [0.5, 0.6) is 0 Å². The van der Waals surface area contributed by atoms with E-state index in [-0.39, 0.29) is 17.9 Å². The van der Waals surface area contributed by atoms with Gasteiger partial charge in [0.2, 0.25) is 0 Å². The molecule has 2 rings (SSSR count). The van der Waals surface area contributed by atoms with Gasteiger partial charge in [0.15, 0.2) is 0 Å². The lowest BCUT2D eigenvalue weighted by Gasteiger charge is -2.06. The molecule has 0 saturated carbocycles. The molecule has 0 fully saturated rings. The molecule has 0 aliphatic carbocycles. The zero-order valence-corrected chi connectivity index (χ0v) is 9.49. The van der Waals surface area contributed by atoms with E-state index in [4.69, 9.17) is 0 Å². The van der Waals surface area contributed by atoms with Crippen LogP contribution in [-0.2, 0) is 6.54 Å². The average molecular weight is 247 g/mol. The molecule has 1 N–H and O–H groups in total. The van der Waals surface area contributed by atoms with Gasteiger partial charge in [0, 0.05) is 6.54 Å². The molecular weight excluding hydrogens is 236 g/mol. The number of nitrogens with one attached hydrogen (secondary N) is 1.